The molecular weight excluding hydrogens is 260 g/mol. The highest BCUT2D eigenvalue weighted by Crippen LogP contribution is 2.22. The average molecular weight is 281 g/mol. The van der Waals surface area contributed by atoms with Crippen molar-refractivity contribution in [2.45, 2.75) is 38.1 Å². The Kier molecular flexibility index (Phi) is 4.83. The highest BCUT2D eigenvalue weighted by molar-refractivity contribution is 5.94. The lowest BCUT2D eigenvalue weighted by Gasteiger charge is -2.23. The van der Waals surface area contributed by atoms with Gasteiger partial charge in [-0.15, -0.1) is 12.4 Å². The number of amides is 1. The lowest BCUT2D eigenvalue weighted by atomic mass is 10.0. The summed E-state index contributed by atoms with van der Waals surface area (Å²) in [4.78, 5) is 12.2. The minimum atomic E-state index is 0. The quantitative estimate of drug-likeness (QED) is 0.871. The van der Waals surface area contributed by atoms with E-state index in [9.17, 15) is 4.79 Å². The molecule has 2 aliphatic rings. The van der Waals surface area contributed by atoms with Crippen LogP contribution in [-0.2, 0) is 12.8 Å². The van der Waals surface area contributed by atoms with E-state index >= 15 is 0 Å². The van der Waals surface area contributed by atoms with Gasteiger partial charge < -0.3 is 10.6 Å². The first-order valence-electron chi connectivity index (χ1n) is 6.96. The molecule has 0 unspecified atom stereocenters. The van der Waals surface area contributed by atoms with Crippen LogP contribution in [0.25, 0.3) is 0 Å². The molecule has 1 aliphatic heterocycles. The number of nitrogens with one attached hydrogen (secondary N) is 2. The lowest BCUT2D eigenvalue weighted by molar-refractivity contribution is 0.0929. The second kappa shape index (κ2) is 6.40. The Morgan fingerprint density at radius 1 is 1.16 bits per heavy atom. The van der Waals surface area contributed by atoms with Crippen molar-refractivity contribution in [3.05, 3.63) is 34.9 Å². The molecule has 1 aromatic rings. The van der Waals surface area contributed by atoms with Crippen LogP contribution < -0.4 is 10.6 Å². The zero-order chi connectivity index (χ0) is 12.4. The third-order valence-corrected chi connectivity index (χ3v) is 4.04. The van der Waals surface area contributed by atoms with Crippen molar-refractivity contribution in [3.63, 3.8) is 0 Å². The second-order valence-electron chi connectivity index (χ2n) is 5.33. The van der Waals surface area contributed by atoms with E-state index in [4.69, 9.17) is 0 Å². The van der Waals surface area contributed by atoms with Crippen LogP contribution in [0.3, 0.4) is 0 Å². The number of aryl methyl sites for hydroxylation is 2. The minimum absolute atomic E-state index is 0. The van der Waals surface area contributed by atoms with E-state index in [1.54, 1.807) is 0 Å². The summed E-state index contributed by atoms with van der Waals surface area (Å²) in [6.45, 7) is 2.02. The van der Waals surface area contributed by atoms with E-state index in [1.165, 1.54) is 24.0 Å². The van der Waals surface area contributed by atoms with Gasteiger partial charge in [0.05, 0.1) is 0 Å². The molecule has 1 amide bonds. The molecule has 4 heteroatoms. The van der Waals surface area contributed by atoms with Crippen LogP contribution in [0.15, 0.2) is 18.2 Å². The first-order chi connectivity index (χ1) is 8.83. The van der Waals surface area contributed by atoms with Gasteiger partial charge in [-0.2, -0.15) is 0 Å². The molecule has 1 fully saturated rings. The number of carbonyl (C=O) groups is 1. The topological polar surface area (TPSA) is 41.1 Å². The first-order valence-corrected chi connectivity index (χ1v) is 6.96. The maximum absolute atomic E-state index is 12.2. The van der Waals surface area contributed by atoms with Gasteiger partial charge in [-0.1, -0.05) is 6.07 Å². The molecule has 2 N–H and O–H groups in total. The summed E-state index contributed by atoms with van der Waals surface area (Å²) >= 11 is 0. The molecule has 0 spiro atoms. The molecule has 0 bridgehead atoms. The van der Waals surface area contributed by atoms with Crippen molar-refractivity contribution < 1.29 is 4.79 Å². The maximum atomic E-state index is 12.2. The zero-order valence-electron chi connectivity index (χ0n) is 11.1. The molecule has 1 saturated heterocycles. The van der Waals surface area contributed by atoms with Gasteiger partial charge in [0.25, 0.3) is 5.91 Å². The van der Waals surface area contributed by atoms with Gasteiger partial charge in [0, 0.05) is 11.6 Å². The summed E-state index contributed by atoms with van der Waals surface area (Å²) in [5, 5.41) is 6.46. The largest absolute Gasteiger partial charge is 0.349 e. The molecular formula is C15H21ClN2O. The van der Waals surface area contributed by atoms with Crippen molar-refractivity contribution in [3.8, 4) is 0 Å². The van der Waals surface area contributed by atoms with Gasteiger partial charge in [0.2, 0.25) is 0 Å². The molecule has 0 aromatic heterocycles. The molecule has 0 radical (unpaired) electrons. The van der Waals surface area contributed by atoms with Gasteiger partial charge in [-0.25, -0.2) is 0 Å². The van der Waals surface area contributed by atoms with E-state index in [0.29, 0.717) is 6.04 Å². The highest BCUT2D eigenvalue weighted by Gasteiger charge is 2.18. The number of hydrogen-bond donors (Lipinski definition) is 2. The third-order valence-electron chi connectivity index (χ3n) is 4.04. The van der Waals surface area contributed by atoms with Crippen LogP contribution in [0.2, 0.25) is 0 Å². The Morgan fingerprint density at radius 3 is 2.68 bits per heavy atom. The number of fused-ring (bicyclic) bond motifs is 1. The standard InChI is InChI=1S/C15H20N2O.ClH/c18-15(17-14-6-8-16-9-7-14)13-5-4-11-2-1-3-12(11)10-13;/h4-5,10,14,16H,1-3,6-9H2,(H,17,18);1H. The van der Waals surface area contributed by atoms with Crippen molar-refractivity contribution in [1.82, 2.24) is 10.6 Å². The van der Waals surface area contributed by atoms with Gasteiger partial charge in [0.15, 0.2) is 0 Å². The number of piperidine rings is 1. The Morgan fingerprint density at radius 2 is 1.89 bits per heavy atom. The van der Waals surface area contributed by atoms with Crippen molar-refractivity contribution in [2.24, 2.45) is 0 Å². The summed E-state index contributed by atoms with van der Waals surface area (Å²) in [5.74, 6) is 0.0941. The molecule has 0 atom stereocenters. The van der Waals surface area contributed by atoms with E-state index in [2.05, 4.69) is 22.8 Å². The second-order valence-corrected chi connectivity index (χ2v) is 5.33. The monoisotopic (exact) mass is 280 g/mol. The first kappa shape index (κ1) is 14.4. The van der Waals surface area contributed by atoms with Crippen LogP contribution >= 0.6 is 12.4 Å². The predicted molar refractivity (Wildman–Crippen MR) is 79.1 cm³/mol. The smallest absolute Gasteiger partial charge is 0.251 e. The summed E-state index contributed by atoms with van der Waals surface area (Å²) in [6.07, 6.45) is 5.61. The summed E-state index contributed by atoms with van der Waals surface area (Å²) in [6, 6.07) is 6.52. The van der Waals surface area contributed by atoms with E-state index in [1.807, 2.05) is 6.07 Å². The van der Waals surface area contributed by atoms with Gasteiger partial charge >= 0.3 is 0 Å². The van der Waals surface area contributed by atoms with E-state index in [0.717, 1.165) is 37.9 Å². The van der Waals surface area contributed by atoms with Crippen molar-refractivity contribution in [2.75, 3.05) is 13.1 Å². The lowest BCUT2D eigenvalue weighted by Crippen LogP contribution is -2.42. The van der Waals surface area contributed by atoms with Crippen LogP contribution in [0.1, 0.15) is 40.7 Å². The van der Waals surface area contributed by atoms with E-state index < -0.39 is 0 Å². The Bertz CT molecular complexity index is 455. The molecule has 1 aromatic carbocycles. The average Bonchev–Trinajstić information content (AvgIpc) is 2.87. The Labute approximate surface area is 120 Å². The fourth-order valence-corrected chi connectivity index (χ4v) is 2.95. The number of benzene rings is 1. The molecule has 3 nitrogen and oxygen atoms in total. The Balaban J connectivity index is 0.00000133. The van der Waals surface area contributed by atoms with Gasteiger partial charge in [-0.3, -0.25) is 4.79 Å². The van der Waals surface area contributed by atoms with Crippen LogP contribution in [0.5, 0.6) is 0 Å². The van der Waals surface area contributed by atoms with Crippen LogP contribution in [0, 0.1) is 0 Å². The van der Waals surface area contributed by atoms with Crippen LogP contribution in [-0.4, -0.2) is 25.0 Å². The summed E-state index contributed by atoms with van der Waals surface area (Å²) in [5.41, 5.74) is 3.62. The number of rotatable bonds is 2. The normalized spacial score (nSPS) is 18.5. The molecule has 19 heavy (non-hydrogen) atoms. The highest BCUT2D eigenvalue weighted by atomic mass is 35.5. The van der Waals surface area contributed by atoms with Gasteiger partial charge in [0.1, 0.15) is 0 Å². The zero-order valence-corrected chi connectivity index (χ0v) is 11.9. The van der Waals surface area contributed by atoms with Gasteiger partial charge in [-0.05, 0) is 68.5 Å². The fraction of sp³-hybridized carbons (Fsp3) is 0.533. The molecule has 0 saturated carbocycles. The molecule has 1 heterocycles. The Hall–Kier alpha value is -1.06. The minimum Gasteiger partial charge on any atom is -0.349 e. The molecule has 104 valence electrons. The van der Waals surface area contributed by atoms with Crippen LogP contribution in [0.4, 0.5) is 0 Å². The molecule has 1 aliphatic carbocycles. The molecule has 3 rings (SSSR count). The number of carbonyl (C=O) groups excluding carboxylic acids is 1. The predicted octanol–water partition coefficient (Wildman–Crippen LogP) is 2.08. The van der Waals surface area contributed by atoms with E-state index in [-0.39, 0.29) is 18.3 Å². The number of hydrogen-bond acceptors (Lipinski definition) is 2. The van der Waals surface area contributed by atoms with Crippen molar-refractivity contribution >= 4 is 18.3 Å². The maximum Gasteiger partial charge on any atom is 0.251 e. The third kappa shape index (κ3) is 3.28. The number of halogens is 1. The SMILES string of the molecule is Cl.O=C(NC1CCNCC1)c1ccc2c(c1)CCC2. The summed E-state index contributed by atoms with van der Waals surface area (Å²) < 4.78 is 0. The van der Waals surface area contributed by atoms with Crippen molar-refractivity contribution in [1.29, 1.82) is 0 Å². The summed E-state index contributed by atoms with van der Waals surface area (Å²) in [7, 11) is 0. The fourth-order valence-electron chi connectivity index (χ4n) is 2.95.